The molecule has 0 nitrogen and oxygen atoms in total. The van der Waals surface area contributed by atoms with Crippen molar-refractivity contribution in [2.45, 2.75) is 29.4 Å². The van der Waals surface area contributed by atoms with Crippen LogP contribution in [0.1, 0.15) is 0 Å². The van der Waals surface area contributed by atoms with Gasteiger partial charge in [-0.1, -0.05) is 0 Å². The van der Waals surface area contributed by atoms with E-state index in [0.29, 0.717) is 0 Å². The van der Waals surface area contributed by atoms with Gasteiger partial charge in [0, 0.05) is 5.57 Å². The van der Waals surface area contributed by atoms with Crippen molar-refractivity contribution in [2.75, 3.05) is 0 Å². The van der Waals surface area contributed by atoms with Crippen LogP contribution < -0.4 is 0 Å². The molecule has 0 radical (unpaired) electrons. The molecule has 20 heavy (non-hydrogen) atoms. The van der Waals surface area contributed by atoms with Crippen LogP contribution in [0.5, 0.6) is 0 Å². The first-order valence-corrected chi connectivity index (χ1v) is 4.98. The minimum absolute atomic E-state index is 0.502. The van der Waals surface area contributed by atoms with Gasteiger partial charge in [-0.2, -0.15) is 30.7 Å². The van der Waals surface area contributed by atoms with Crippen molar-refractivity contribution in [3.8, 4) is 0 Å². The largest absolute Gasteiger partial charge is 0.399 e. The molecule has 0 N–H and O–H groups in total. The predicted molar refractivity (Wildman–Crippen MR) is 45.4 cm³/mol. The highest BCUT2D eigenvalue weighted by atomic mass is 19.4. The molecule has 3 rings (SSSR count). The first-order chi connectivity index (χ1) is 8.77. The molecular weight excluding hydrogens is 310 g/mol. The van der Waals surface area contributed by atoms with Crippen LogP contribution in [0.15, 0.2) is 24.1 Å². The molecular formula is C10H4F10. The van der Waals surface area contributed by atoms with E-state index in [-0.39, 0.29) is 0 Å². The Bertz CT molecular complexity index is 501. The van der Waals surface area contributed by atoms with E-state index in [0.717, 1.165) is 0 Å². The lowest BCUT2D eigenvalue weighted by molar-refractivity contribution is -0.350. The van der Waals surface area contributed by atoms with Gasteiger partial charge in [-0.05, 0) is 12.2 Å². The van der Waals surface area contributed by atoms with E-state index < -0.39 is 59.3 Å². The van der Waals surface area contributed by atoms with Crippen LogP contribution in [0.25, 0.3) is 0 Å². The molecule has 10 heteroatoms. The fourth-order valence-corrected chi connectivity index (χ4v) is 2.46. The summed E-state index contributed by atoms with van der Waals surface area (Å²) in [6, 6.07) is 0. The zero-order valence-electron chi connectivity index (χ0n) is 9.09. The second-order valence-electron chi connectivity index (χ2n) is 4.50. The molecule has 2 bridgehead atoms. The third-order valence-corrected chi connectivity index (χ3v) is 3.48. The summed E-state index contributed by atoms with van der Waals surface area (Å²) in [5.41, 5.74) is -12.1. The van der Waals surface area contributed by atoms with Crippen LogP contribution in [0.4, 0.5) is 43.9 Å². The average molecular weight is 314 g/mol. The van der Waals surface area contributed by atoms with Gasteiger partial charge < -0.3 is 0 Å². The molecule has 3 aliphatic carbocycles. The standard InChI is InChI=1S/C10H4F10/c11-3-4-5(8(14,15)16)7(13)2-1-6(4,12)9(17,18)10(7,19)20/h1-3,5H/b4-3+/t5?,6-,7+/m1/s1. The number of allylic oxidation sites excluding steroid dienone is 3. The minimum Gasteiger partial charge on any atom is -0.231 e. The molecule has 0 aromatic heterocycles. The molecule has 1 unspecified atom stereocenters. The van der Waals surface area contributed by atoms with Crippen molar-refractivity contribution in [2.24, 2.45) is 5.92 Å². The highest BCUT2D eigenvalue weighted by Gasteiger charge is 2.89. The van der Waals surface area contributed by atoms with Crippen molar-refractivity contribution in [1.82, 2.24) is 0 Å². The maximum absolute atomic E-state index is 14.0. The molecule has 1 fully saturated rings. The quantitative estimate of drug-likeness (QED) is 0.462. The summed E-state index contributed by atoms with van der Waals surface area (Å²) in [5, 5.41) is 0. The van der Waals surface area contributed by atoms with Gasteiger partial charge in [0.1, 0.15) is 5.92 Å². The Morgan fingerprint density at radius 3 is 1.80 bits per heavy atom. The summed E-state index contributed by atoms with van der Waals surface area (Å²) in [5.74, 6) is -15.9. The molecule has 3 aliphatic rings. The van der Waals surface area contributed by atoms with E-state index in [9.17, 15) is 43.9 Å². The smallest absolute Gasteiger partial charge is 0.231 e. The summed E-state index contributed by atoms with van der Waals surface area (Å²) in [7, 11) is 0. The third kappa shape index (κ3) is 1.30. The van der Waals surface area contributed by atoms with Crippen LogP contribution in [0.2, 0.25) is 0 Å². The number of hydrogen-bond donors (Lipinski definition) is 0. The van der Waals surface area contributed by atoms with Gasteiger partial charge in [0.15, 0.2) is 0 Å². The zero-order chi connectivity index (χ0) is 15.8. The van der Waals surface area contributed by atoms with Crippen LogP contribution in [-0.2, 0) is 0 Å². The number of fused-ring (bicyclic) bond motifs is 2. The summed E-state index contributed by atoms with van der Waals surface area (Å²) < 4.78 is 132. The normalized spacial score (nSPS) is 44.1. The van der Waals surface area contributed by atoms with Gasteiger partial charge in [-0.25, -0.2) is 13.2 Å². The highest BCUT2D eigenvalue weighted by Crippen LogP contribution is 2.69. The Kier molecular flexibility index (Phi) is 2.66. The summed E-state index contributed by atoms with van der Waals surface area (Å²) in [4.78, 5) is 0. The molecule has 0 aromatic carbocycles. The molecule has 0 heterocycles. The van der Waals surface area contributed by atoms with E-state index >= 15 is 0 Å². The Morgan fingerprint density at radius 2 is 1.40 bits per heavy atom. The van der Waals surface area contributed by atoms with E-state index in [1.807, 2.05) is 0 Å². The van der Waals surface area contributed by atoms with E-state index in [4.69, 9.17) is 0 Å². The van der Waals surface area contributed by atoms with E-state index in [1.165, 1.54) is 0 Å². The number of halogens is 10. The topological polar surface area (TPSA) is 0 Å². The van der Waals surface area contributed by atoms with Crippen molar-refractivity contribution < 1.29 is 43.9 Å². The van der Waals surface area contributed by atoms with Crippen LogP contribution in [0.3, 0.4) is 0 Å². The SMILES string of the molecule is F/C=C1\C(C(F)(F)F)[C@@]2(F)C=C[C@]1(F)C(F)(F)C2(F)F. The van der Waals surface area contributed by atoms with Crippen molar-refractivity contribution in [3.05, 3.63) is 24.1 Å². The summed E-state index contributed by atoms with van der Waals surface area (Å²) in [6.45, 7) is 0. The first kappa shape index (κ1) is 15.2. The third-order valence-electron chi connectivity index (χ3n) is 3.48. The lowest BCUT2D eigenvalue weighted by Crippen LogP contribution is -2.76. The fourth-order valence-electron chi connectivity index (χ4n) is 2.46. The summed E-state index contributed by atoms with van der Waals surface area (Å²) in [6.07, 6.45) is -8.23. The van der Waals surface area contributed by atoms with Crippen molar-refractivity contribution in [1.29, 1.82) is 0 Å². The lowest BCUT2D eigenvalue weighted by atomic mass is 9.58. The van der Waals surface area contributed by atoms with Gasteiger partial charge in [-0.3, -0.25) is 0 Å². The Labute approximate surface area is 104 Å². The molecule has 1 saturated carbocycles. The van der Waals surface area contributed by atoms with Crippen LogP contribution in [0, 0.1) is 5.92 Å². The molecule has 0 spiro atoms. The molecule has 0 saturated heterocycles. The lowest BCUT2D eigenvalue weighted by Gasteiger charge is -2.55. The first-order valence-electron chi connectivity index (χ1n) is 4.98. The zero-order valence-corrected chi connectivity index (χ0v) is 9.09. The van der Waals surface area contributed by atoms with Crippen LogP contribution in [-0.4, -0.2) is 29.4 Å². The van der Waals surface area contributed by atoms with E-state index in [1.54, 1.807) is 0 Å². The van der Waals surface area contributed by atoms with Gasteiger partial charge in [0.2, 0.25) is 11.3 Å². The number of alkyl halides is 9. The fraction of sp³-hybridized carbons (Fsp3) is 0.600. The van der Waals surface area contributed by atoms with Gasteiger partial charge in [0.05, 0.1) is 6.33 Å². The Morgan fingerprint density at radius 1 is 0.900 bits per heavy atom. The predicted octanol–water partition coefficient (Wildman–Crippen LogP) is 4.29. The summed E-state index contributed by atoms with van der Waals surface area (Å²) >= 11 is 0. The van der Waals surface area contributed by atoms with Crippen LogP contribution >= 0.6 is 0 Å². The Hall–Kier alpha value is -1.22. The molecule has 114 valence electrons. The van der Waals surface area contributed by atoms with Gasteiger partial charge in [-0.15, -0.1) is 0 Å². The van der Waals surface area contributed by atoms with E-state index in [2.05, 4.69) is 0 Å². The molecule has 0 aliphatic heterocycles. The number of hydrogen-bond acceptors (Lipinski definition) is 0. The molecule has 0 amide bonds. The van der Waals surface area contributed by atoms with Gasteiger partial charge >= 0.3 is 18.0 Å². The number of rotatable bonds is 0. The molecule has 0 aromatic rings. The van der Waals surface area contributed by atoms with Gasteiger partial charge in [0.25, 0.3) is 0 Å². The molecule has 3 atom stereocenters. The average Bonchev–Trinajstić information content (AvgIpc) is 2.27. The maximum Gasteiger partial charge on any atom is 0.399 e. The second-order valence-corrected chi connectivity index (χ2v) is 4.50. The second kappa shape index (κ2) is 3.51. The minimum atomic E-state index is -5.99. The Balaban J connectivity index is 2.84. The monoisotopic (exact) mass is 314 g/mol. The highest BCUT2D eigenvalue weighted by molar-refractivity contribution is 5.49. The maximum atomic E-state index is 14.0. The van der Waals surface area contributed by atoms with Crippen molar-refractivity contribution in [3.63, 3.8) is 0 Å². The van der Waals surface area contributed by atoms with Crippen molar-refractivity contribution >= 4 is 0 Å².